The Morgan fingerprint density at radius 3 is 2.93 bits per heavy atom. The van der Waals surface area contributed by atoms with E-state index in [9.17, 15) is 0 Å². The number of guanidine groups is 1. The van der Waals surface area contributed by atoms with Crippen molar-refractivity contribution in [1.82, 2.24) is 20.2 Å². The Labute approximate surface area is 177 Å². The molecule has 0 spiro atoms. The largest absolute Gasteiger partial charge is 0.469 e. The first-order valence-corrected chi connectivity index (χ1v) is 10.5. The molecule has 7 heteroatoms. The number of hydrogen-bond acceptors (Lipinski definition) is 4. The molecule has 0 aliphatic carbocycles. The zero-order valence-corrected chi connectivity index (χ0v) is 17.4. The fraction of sp³-hybridized carbons (Fsp3) is 0.391. The molecular weight excluding hydrogens is 378 g/mol. The van der Waals surface area contributed by atoms with E-state index in [0.717, 1.165) is 67.9 Å². The van der Waals surface area contributed by atoms with Gasteiger partial charge in [0, 0.05) is 39.1 Å². The smallest absolute Gasteiger partial charge is 0.194 e. The molecule has 7 nitrogen and oxygen atoms in total. The molecule has 3 aromatic rings. The van der Waals surface area contributed by atoms with Crippen LogP contribution < -0.4 is 5.32 Å². The summed E-state index contributed by atoms with van der Waals surface area (Å²) < 4.78 is 10.9. The highest BCUT2D eigenvalue weighted by Crippen LogP contribution is 2.17. The maximum Gasteiger partial charge on any atom is 0.194 e. The average Bonchev–Trinajstić information content (AvgIpc) is 3.54. The van der Waals surface area contributed by atoms with Gasteiger partial charge in [-0.3, -0.25) is 4.99 Å². The molecule has 1 unspecified atom stereocenters. The summed E-state index contributed by atoms with van der Waals surface area (Å²) in [7, 11) is 2.04. The summed E-state index contributed by atoms with van der Waals surface area (Å²) in [5, 5.41) is 3.47. The molecule has 1 aliphatic rings. The van der Waals surface area contributed by atoms with Crippen molar-refractivity contribution in [2.24, 2.45) is 10.9 Å². The third-order valence-corrected chi connectivity index (χ3v) is 5.22. The van der Waals surface area contributed by atoms with Crippen molar-refractivity contribution in [1.29, 1.82) is 0 Å². The molecule has 1 fully saturated rings. The number of aromatic amines is 1. The predicted molar refractivity (Wildman–Crippen MR) is 117 cm³/mol. The van der Waals surface area contributed by atoms with Crippen LogP contribution in [0, 0.1) is 5.92 Å². The van der Waals surface area contributed by atoms with Crippen LogP contribution in [0.15, 0.2) is 64.3 Å². The van der Waals surface area contributed by atoms with Crippen LogP contribution in [0.5, 0.6) is 0 Å². The molecule has 3 heterocycles. The fourth-order valence-electron chi connectivity index (χ4n) is 3.51. The van der Waals surface area contributed by atoms with Crippen molar-refractivity contribution < 1.29 is 9.15 Å². The van der Waals surface area contributed by atoms with E-state index in [0.29, 0.717) is 12.5 Å². The summed E-state index contributed by atoms with van der Waals surface area (Å²) in [5.41, 5.74) is 2.15. The Morgan fingerprint density at radius 2 is 2.17 bits per heavy atom. The van der Waals surface area contributed by atoms with Crippen molar-refractivity contribution in [2.45, 2.75) is 19.4 Å². The number of aromatic nitrogens is 2. The summed E-state index contributed by atoms with van der Waals surface area (Å²) in [5.74, 6) is 3.23. The Bertz CT molecular complexity index is 914. The minimum atomic E-state index is 0.494. The predicted octanol–water partition coefficient (Wildman–Crippen LogP) is 3.33. The third kappa shape index (κ3) is 5.51. The third-order valence-electron chi connectivity index (χ3n) is 5.22. The molecule has 158 valence electrons. The van der Waals surface area contributed by atoms with Gasteiger partial charge in [-0.05, 0) is 24.1 Å². The minimum Gasteiger partial charge on any atom is -0.469 e. The summed E-state index contributed by atoms with van der Waals surface area (Å²) in [6.45, 7) is 3.80. The molecule has 1 aliphatic heterocycles. The molecule has 0 bridgehead atoms. The van der Waals surface area contributed by atoms with Gasteiger partial charge in [0.05, 0.1) is 31.3 Å². The van der Waals surface area contributed by atoms with Gasteiger partial charge in [-0.15, -0.1) is 0 Å². The first-order chi connectivity index (χ1) is 14.8. The Hall–Kier alpha value is -3.06. The van der Waals surface area contributed by atoms with Crippen molar-refractivity contribution >= 4 is 5.96 Å². The van der Waals surface area contributed by atoms with Crippen LogP contribution in [-0.4, -0.2) is 54.2 Å². The van der Waals surface area contributed by atoms with E-state index < -0.39 is 0 Å². The molecule has 1 saturated heterocycles. The number of ether oxygens (including phenoxy) is 1. The second-order valence-corrected chi connectivity index (χ2v) is 7.62. The normalized spacial score (nSPS) is 16.7. The van der Waals surface area contributed by atoms with Crippen molar-refractivity contribution in [3.8, 4) is 11.3 Å². The van der Waals surface area contributed by atoms with E-state index >= 15 is 0 Å². The van der Waals surface area contributed by atoms with E-state index in [1.807, 2.05) is 43.6 Å². The molecule has 4 rings (SSSR count). The molecule has 1 atom stereocenters. The van der Waals surface area contributed by atoms with Crippen molar-refractivity contribution in [2.75, 3.05) is 33.4 Å². The lowest BCUT2D eigenvalue weighted by Crippen LogP contribution is -2.40. The number of nitrogens with zero attached hydrogens (tertiary/aromatic N) is 3. The number of benzene rings is 1. The number of rotatable bonds is 8. The maximum atomic E-state index is 5.49. The lowest BCUT2D eigenvalue weighted by molar-refractivity contribution is 0.187. The summed E-state index contributed by atoms with van der Waals surface area (Å²) >= 11 is 0. The summed E-state index contributed by atoms with van der Waals surface area (Å²) in [4.78, 5) is 14.9. The molecule has 2 N–H and O–H groups in total. The second kappa shape index (κ2) is 10.1. The van der Waals surface area contributed by atoms with Crippen LogP contribution in [-0.2, 0) is 17.7 Å². The second-order valence-electron chi connectivity index (χ2n) is 7.62. The van der Waals surface area contributed by atoms with Gasteiger partial charge in [-0.25, -0.2) is 4.98 Å². The first kappa shape index (κ1) is 20.2. The van der Waals surface area contributed by atoms with E-state index in [1.54, 1.807) is 6.26 Å². The molecule has 0 amide bonds. The molecule has 30 heavy (non-hydrogen) atoms. The van der Waals surface area contributed by atoms with Crippen LogP contribution in [0.2, 0.25) is 0 Å². The lowest BCUT2D eigenvalue weighted by atomic mass is 10.1. The number of furan rings is 1. The Kier molecular flexibility index (Phi) is 6.82. The highest BCUT2D eigenvalue weighted by molar-refractivity contribution is 5.79. The van der Waals surface area contributed by atoms with E-state index in [4.69, 9.17) is 14.1 Å². The monoisotopic (exact) mass is 407 g/mol. The Balaban J connectivity index is 1.39. The van der Waals surface area contributed by atoms with E-state index in [-0.39, 0.29) is 0 Å². The minimum absolute atomic E-state index is 0.494. The highest BCUT2D eigenvalue weighted by Gasteiger charge is 2.16. The van der Waals surface area contributed by atoms with Crippen LogP contribution in [0.25, 0.3) is 11.3 Å². The maximum absolute atomic E-state index is 5.49. The number of hydrogen-bond donors (Lipinski definition) is 2. The highest BCUT2D eigenvalue weighted by atomic mass is 16.5. The van der Waals surface area contributed by atoms with Crippen LogP contribution >= 0.6 is 0 Å². The Morgan fingerprint density at radius 1 is 1.27 bits per heavy atom. The number of aliphatic imine (C=N–C) groups is 1. The number of imidazole rings is 1. The van der Waals surface area contributed by atoms with Gasteiger partial charge in [0.15, 0.2) is 5.96 Å². The van der Waals surface area contributed by atoms with Gasteiger partial charge in [0.2, 0.25) is 0 Å². The van der Waals surface area contributed by atoms with Gasteiger partial charge in [0.1, 0.15) is 11.6 Å². The van der Waals surface area contributed by atoms with Crippen molar-refractivity contribution in [3.05, 3.63) is 66.5 Å². The zero-order chi connectivity index (χ0) is 20.6. The van der Waals surface area contributed by atoms with Crippen LogP contribution in [0.3, 0.4) is 0 Å². The quantitative estimate of drug-likeness (QED) is 0.442. The van der Waals surface area contributed by atoms with Crippen LogP contribution in [0.4, 0.5) is 0 Å². The van der Waals surface area contributed by atoms with Gasteiger partial charge in [-0.2, -0.15) is 0 Å². The van der Waals surface area contributed by atoms with Gasteiger partial charge >= 0.3 is 0 Å². The van der Waals surface area contributed by atoms with Crippen molar-refractivity contribution in [3.63, 3.8) is 0 Å². The zero-order valence-electron chi connectivity index (χ0n) is 17.4. The van der Waals surface area contributed by atoms with Crippen LogP contribution in [0.1, 0.15) is 18.0 Å². The number of H-pyrrole nitrogens is 1. The average molecular weight is 408 g/mol. The van der Waals surface area contributed by atoms with Gasteiger partial charge in [0.25, 0.3) is 0 Å². The standard InChI is InChI=1S/C23H29N5O2/c1-28(16-22-25-15-21(27-22)19-6-3-2-4-7-19)23(26-14-18-10-13-29-17-18)24-11-9-20-8-5-12-30-20/h2-8,12,15,18H,9-11,13-14,16-17H2,1H3,(H,24,26)(H,25,27). The lowest BCUT2D eigenvalue weighted by Gasteiger charge is -2.22. The summed E-state index contributed by atoms with van der Waals surface area (Å²) in [6.07, 6.45) is 5.48. The molecular formula is C23H29N5O2. The van der Waals surface area contributed by atoms with Gasteiger partial charge in [-0.1, -0.05) is 30.3 Å². The molecule has 1 aromatic carbocycles. The first-order valence-electron chi connectivity index (χ1n) is 10.5. The van der Waals surface area contributed by atoms with Gasteiger partial charge < -0.3 is 24.4 Å². The fourth-order valence-corrected chi connectivity index (χ4v) is 3.51. The van der Waals surface area contributed by atoms with E-state index in [2.05, 4.69) is 32.3 Å². The summed E-state index contributed by atoms with van der Waals surface area (Å²) in [6, 6.07) is 14.1. The van der Waals surface area contributed by atoms with E-state index in [1.165, 1.54) is 0 Å². The SMILES string of the molecule is CN(Cc1ncc(-c2ccccc2)[nH]1)C(=NCC1CCOC1)NCCc1ccco1. The molecule has 2 aromatic heterocycles. The molecule has 0 radical (unpaired) electrons. The topological polar surface area (TPSA) is 78.7 Å². The number of nitrogens with one attached hydrogen (secondary N) is 2. The molecule has 0 saturated carbocycles.